The predicted octanol–water partition coefficient (Wildman–Crippen LogP) is 3.56. The standard InChI is InChI=1S/C21H23NO5/c1-14-4-6-15(7-5-14)20-18(3-2-12-26-20)21(25)22-16-8-10-17(11-9-16)27-13-19(23)24/h4-11,18,20H,2-3,12-13H2,1H3,(H,22,25)(H,23,24). The summed E-state index contributed by atoms with van der Waals surface area (Å²) in [6.07, 6.45) is 1.37. The summed E-state index contributed by atoms with van der Waals surface area (Å²) in [5, 5.41) is 11.6. The molecule has 2 unspecified atom stereocenters. The first-order valence-corrected chi connectivity index (χ1v) is 8.96. The van der Waals surface area contributed by atoms with Crippen LogP contribution in [-0.4, -0.2) is 30.2 Å². The second-order valence-electron chi connectivity index (χ2n) is 6.65. The average molecular weight is 369 g/mol. The maximum Gasteiger partial charge on any atom is 0.341 e. The lowest BCUT2D eigenvalue weighted by Gasteiger charge is -2.31. The molecule has 2 aromatic carbocycles. The highest BCUT2D eigenvalue weighted by atomic mass is 16.5. The molecule has 1 saturated heterocycles. The van der Waals surface area contributed by atoms with Gasteiger partial charge >= 0.3 is 5.97 Å². The largest absolute Gasteiger partial charge is 0.482 e. The number of carboxylic acids is 1. The van der Waals surface area contributed by atoms with Gasteiger partial charge in [0.1, 0.15) is 5.75 Å². The molecule has 2 N–H and O–H groups in total. The molecule has 0 spiro atoms. The van der Waals surface area contributed by atoms with Crippen molar-refractivity contribution in [3.63, 3.8) is 0 Å². The number of hydrogen-bond acceptors (Lipinski definition) is 4. The molecule has 1 heterocycles. The van der Waals surface area contributed by atoms with Gasteiger partial charge in [-0.1, -0.05) is 29.8 Å². The lowest BCUT2D eigenvalue weighted by molar-refractivity contribution is -0.139. The molecular formula is C21H23NO5. The van der Waals surface area contributed by atoms with E-state index in [1.807, 2.05) is 31.2 Å². The second kappa shape index (κ2) is 8.68. The van der Waals surface area contributed by atoms with Gasteiger partial charge in [-0.3, -0.25) is 4.79 Å². The lowest BCUT2D eigenvalue weighted by atomic mass is 9.88. The van der Waals surface area contributed by atoms with Crippen molar-refractivity contribution in [1.82, 2.24) is 0 Å². The Morgan fingerprint density at radius 3 is 2.52 bits per heavy atom. The number of aryl methyl sites for hydroxylation is 1. The number of carboxylic acid groups (broad SMARTS) is 1. The highest BCUT2D eigenvalue weighted by Crippen LogP contribution is 2.34. The first kappa shape index (κ1) is 18.9. The zero-order valence-electron chi connectivity index (χ0n) is 15.2. The van der Waals surface area contributed by atoms with E-state index in [-0.39, 0.29) is 17.9 Å². The van der Waals surface area contributed by atoms with Crippen molar-refractivity contribution in [2.45, 2.75) is 25.9 Å². The number of benzene rings is 2. The van der Waals surface area contributed by atoms with E-state index in [0.29, 0.717) is 18.0 Å². The Kier molecular flexibility index (Phi) is 6.08. The first-order chi connectivity index (χ1) is 13.0. The summed E-state index contributed by atoms with van der Waals surface area (Å²) < 4.78 is 11.0. The van der Waals surface area contributed by atoms with Gasteiger partial charge in [0.2, 0.25) is 5.91 Å². The van der Waals surface area contributed by atoms with Crippen molar-refractivity contribution in [1.29, 1.82) is 0 Å². The Morgan fingerprint density at radius 1 is 1.15 bits per heavy atom. The van der Waals surface area contributed by atoms with Gasteiger partial charge in [-0.25, -0.2) is 4.79 Å². The SMILES string of the molecule is Cc1ccc(C2OCCCC2C(=O)Nc2ccc(OCC(=O)O)cc2)cc1. The Bertz CT molecular complexity index is 785. The number of anilines is 1. The van der Waals surface area contributed by atoms with Gasteiger partial charge in [-0.05, 0) is 49.6 Å². The van der Waals surface area contributed by atoms with E-state index in [0.717, 1.165) is 18.4 Å². The third-order valence-electron chi connectivity index (χ3n) is 4.55. The highest BCUT2D eigenvalue weighted by molar-refractivity contribution is 5.93. The molecule has 2 atom stereocenters. The molecular weight excluding hydrogens is 346 g/mol. The number of ether oxygens (including phenoxy) is 2. The molecule has 0 bridgehead atoms. The van der Waals surface area contributed by atoms with Crippen molar-refractivity contribution in [3.05, 3.63) is 59.7 Å². The Balaban J connectivity index is 1.66. The molecule has 27 heavy (non-hydrogen) atoms. The van der Waals surface area contributed by atoms with Crippen LogP contribution in [-0.2, 0) is 14.3 Å². The van der Waals surface area contributed by atoms with Gasteiger partial charge < -0.3 is 19.9 Å². The maximum atomic E-state index is 12.8. The van der Waals surface area contributed by atoms with Crippen LogP contribution in [0.3, 0.4) is 0 Å². The van der Waals surface area contributed by atoms with E-state index >= 15 is 0 Å². The van der Waals surface area contributed by atoms with Gasteiger partial charge in [0, 0.05) is 12.3 Å². The minimum absolute atomic E-state index is 0.0838. The zero-order chi connectivity index (χ0) is 19.2. The fraction of sp³-hybridized carbons (Fsp3) is 0.333. The molecule has 2 aromatic rings. The average Bonchev–Trinajstić information content (AvgIpc) is 2.68. The number of carbonyl (C=O) groups excluding carboxylic acids is 1. The Morgan fingerprint density at radius 2 is 1.85 bits per heavy atom. The third-order valence-corrected chi connectivity index (χ3v) is 4.55. The molecule has 142 valence electrons. The van der Waals surface area contributed by atoms with E-state index in [1.165, 1.54) is 5.56 Å². The van der Waals surface area contributed by atoms with Crippen LogP contribution in [0.1, 0.15) is 30.1 Å². The van der Waals surface area contributed by atoms with Gasteiger partial charge in [0.25, 0.3) is 0 Å². The Hall–Kier alpha value is -2.86. The van der Waals surface area contributed by atoms with Crippen LogP contribution < -0.4 is 10.1 Å². The lowest BCUT2D eigenvalue weighted by Crippen LogP contribution is -2.33. The predicted molar refractivity (Wildman–Crippen MR) is 101 cm³/mol. The minimum Gasteiger partial charge on any atom is -0.482 e. The fourth-order valence-electron chi connectivity index (χ4n) is 3.15. The van der Waals surface area contributed by atoms with E-state index in [4.69, 9.17) is 14.6 Å². The van der Waals surface area contributed by atoms with Crippen molar-refractivity contribution < 1.29 is 24.2 Å². The fourth-order valence-corrected chi connectivity index (χ4v) is 3.15. The normalized spacial score (nSPS) is 19.3. The van der Waals surface area contributed by atoms with Crippen molar-refractivity contribution >= 4 is 17.6 Å². The van der Waals surface area contributed by atoms with Gasteiger partial charge in [0.05, 0.1) is 12.0 Å². The highest BCUT2D eigenvalue weighted by Gasteiger charge is 2.33. The summed E-state index contributed by atoms with van der Waals surface area (Å²) in [7, 11) is 0. The molecule has 1 fully saturated rings. The van der Waals surface area contributed by atoms with Crippen LogP contribution in [0.5, 0.6) is 5.75 Å². The maximum absolute atomic E-state index is 12.8. The number of carbonyl (C=O) groups is 2. The molecule has 1 aliphatic rings. The molecule has 6 nitrogen and oxygen atoms in total. The van der Waals surface area contributed by atoms with E-state index in [9.17, 15) is 9.59 Å². The summed E-state index contributed by atoms with van der Waals surface area (Å²) in [5.74, 6) is -0.940. The summed E-state index contributed by atoms with van der Waals surface area (Å²) in [6, 6.07) is 14.7. The monoisotopic (exact) mass is 369 g/mol. The molecule has 6 heteroatoms. The second-order valence-corrected chi connectivity index (χ2v) is 6.65. The van der Waals surface area contributed by atoms with Crippen LogP contribution in [0.4, 0.5) is 5.69 Å². The number of nitrogens with one attached hydrogen (secondary N) is 1. The molecule has 0 aliphatic carbocycles. The van der Waals surface area contributed by atoms with Crippen molar-refractivity contribution in [2.24, 2.45) is 5.92 Å². The number of aliphatic carboxylic acids is 1. The summed E-state index contributed by atoms with van der Waals surface area (Å²) in [5.41, 5.74) is 2.81. The summed E-state index contributed by atoms with van der Waals surface area (Å²) >= 11 is 0. The smallest absolute Gasteiger partial charge is 0.341 e. The first-order valence-electron chi connectivity index (χ1n) is 8.96. The number of amides is 1. The molecule has 1 aliphatic heterocycles. The van der Waals surface area contributed by atoms with E-state index < -0.39 is 12.6 Å². The third kappa shape index (κ3) is 5.08. The molecule has 0 radical (unpaired) electrons. The van der Waals surface area contributed by atoms with Crippen LogP contribution in [0.2, 0.25) is 0 Å². The molecule has 1 amide bonds. The minimum atomic E-state index is -1.04. The van der Waals surface area contributed by atoms with Crippen LogP contribution in [0, 0.1) is 12.8 Å². The van der Waals surface area contributed by atoms with E-state index in [2.05, 4.69) is 5.32 Å². The number of rotatable bonds is 6. The Labute approximate surface area is 158 Å². The van der Waals surface area contributed by atoms with Crippen molar-refractivity contribution in [3.8, 4) is 5.75 Å². The van der Waals surface area contributed by atoms with Gasteiger partial charge in [0.15, 0.2) is 6.61 Å². The quantitative estimate of drug-likeness (QED) is 0.813. The number of hydrogen-bond donors (Lipinski definition) is 2. The van der Waals surface area contributed by atoms with Gasteiger partial charge in [-0.2, -0.15) is 0 Å². The molecule has 0 aromatic heterocycles. The van der Waals surface area contributed by atoms with Crippen LogP contribution in [0.15, 0.2) is 48.5 Å². The van der Waals surface area contributed by atoms with Crippen LogP contribution in [0.25, 0.3) is 0 Å². The molecule has 0 saturated carbocycles. The zero-order valence-corrected chi connectivity index (χ0v) is 15.2. The van der Waals surface area contributed by atoms with Gasteiger partial charge in [-0.15, -0.1) is 0 Å². The summed E-state index contributed by atoms with van der Waals surface area (Å²) in [4.78, 5) is 23.4. The van der Waals surface area contributed by atoms with Crippen LogP contribution >= 0.6 is 0 Å². The van der Waals surface area contributed by atoms with E-state index in [1.54, 1.807) is 24.3 Å². The molecule has 3 rings (SSSR count). The summed E-state index contributed by atoms with van der Waals surface area (Å²) in [6.45, 7) is 2.28. The topological polar surface area (TPSA) is 84.9 Å². The van der Waals surface area contributed by atoms with Crippen molar-refractivity contribution in [2.75, 3.05) is 18.5 Å².